The summed E-state index contributed by atoms with van der Waals surface area (Å²) < 4.78 is 13.2. The fourth-order valence-electron chi connectivity index (χ4n) is 4.97. The van der Waals surface area contributed by atoms with Crippen LogP contribution in [-0.2, 0) is 4.79 Å². The number of fused-ring (bicyclic) bond motifs is 1. The number of rotatable bonds is 6. The zero-order chi connectivity index (χ0) is 23.7. The first-order valence-electron chi connectivity index (χ1n) is 11.9. The van der Waals surface area contributed by atoms with Crippen molar-refractivity contribution in [2.45, 2.75) is 45.4 Å². The third kappa shape index (κ3) is 3.95. The molecule has 0 aliphatic carbocycles. The van der Waals surface area contributed by atoms with Crippen LogP contribution in [0.25, 0.3) is 5.82 Å². The lowest BCUT2D eigenvalue weighted by Gasteiger charge is -2.27. The van der Waals surface area contributed by atoms with E-state index in [1.807, 2.05) is 44.2 Å². The van der Waals surface area contributed by atoms with Crippen LogP contribution in [0, 0.1) is 6.92 Å². The second-order valence-corrected chi connectivity index (χ2v) is 8.67. The number of benzene rings is 1. The van der Waals surface area contributed by atoms with Gasteiger partial charge in [0.1, 0.15) is 5.82 Å². The minimum atomic E-state index is -0.213. The molecule has 0 radical (unpaired) electrons. The zero-order valence-corrected chi connectivity index (χ0v) is 19.9. The summed E-state index contributed by atoms with van der Waals surface area (Å²) in [6.07, 6.45) is 3.92. The van der Waals surface area contributed by atoms with Gasteiger partial charge in [-0.3, -0.25) is 4.79 Å². The first-order chi connectivity index (χ1) is 16.6. The number of anilines is 2. The predicted molar refractivity (Wildman–Crippen MR) is 129 cm³/mol. The van der Waals surface area contributed by atoms with Crippen molar-refractivity contribution < 1.29 is 14.3 Å². The van der Waals surface area contributed by atoms with Crippen LogP contribution in [0.3, 0.4) is 0 Å². The van der Waals surface area contributed by atoms with Crippen LogP contribution >= 0.6 is 0 Å². The van der Waals surface area contributed by atoms with E-state index in [4.69, 9.17) is 14.6 Å². The van der Waals surface area contributed by atoms with Crippen molar-refractivity contribution in [2.75, 3.05) is 37.0 Å². The Bertz CT molecular complexity index is 1180. The lowest BCUT2D eigenvalue weighted by Crippen LogP contribution is -2.30. The highest BCUT2D eigenvalue weighted by atomic mass is 16.5. The van der Waals surface area contributed by atoms with E-state index in [2.05, 4.69) is 20.4 Å². The maximum atomic E-state index is 12.8. The number of nitrogens with one attached hydrogen (secondary N) is 1. The van der Waals surface area contributed by atoms with Crippen LogP contribution in [-0.4, -0.2) is 52.7 Å². The molecule has 1 saturated heterocycles. The van der Waals surface area contributed by atoms with Crippen LogP contribution in [0.15, 0.2) is 30.3 Å². The van der Waals surface area contributed by atoms with Gasteiger partial charge in [0, 0.05) is 36.6 Å². The van der Waals surface area contributed by atoms with Crippen molar-refractivity contribution in [3.8, 4) is 17.3 Å². The molecule has 0 unspecified atom stereocenters. The van der Waals surface area contributed by atoms with Gasteiger partial charge in [-0.15, -0.1) is 10.2 Å². The van der Waals surface area contributed by atoms with Crippen LogP contribution in [0.4, 0.5) is 11.6 Å². The first kappa shape index (κ1) is 22.2. The van der Waals surface area contributed by atoms with Crippen molar-refractivity contribution in [1.29, 1.82) is 0 Å². The van der Waals surface area contributed by atoms with Gasteiger partial charge in [0.05, 0.1) is 19.4 Å². The Morgan fingerprint density at radius 2 is 1.85 bits per heavy atom. The largest absolute Gasteiger partial charge is 0.493 e. The van der Waals surface area contributed by atoms with Gasteiger partial charge in [-0.1, -0.05) is 12.1 Å². The van der Waals surface area contributed by atoms with Crippen LogP contribution < -0.4 is 19.7 Å². The minimum Gasteiger partial charge on any atom is -0.493 e. The summed E-state index contributed by atoms with van der Waals surface area (Å²) in [5.74, 6) is 3.09. The number of ether oxygens (including phenoxy) is 2. The molecule has 1 amide bonds. The average Bonchev–Trinajstić information content (AvgIpc) is 3.20. The molecule has 1 aromatic carbocycles. The van der Waals surface area contributed by atoms with Gasteiger partial charge in [0.2, 0.25) is 5.91 Å². The van der Waals surface area contributed by atoms with Gasteiger partial charge in [0.25, 0.3) is 0 Å². The third-order valence-corrected chi connectivity index (χ3v) is 6.53. The molecule has 3 aromatic rings. The second kappa shape index (κ2) is 9.32. The van der Waals surface area contributed by atoms with Crippen molar-refractivity contribution in [2.24, 2.45) is 0 Å². The van der Waals surface area contributed by atoms with Crippen molar-refractivity contribution in [3.05, 3.63) is 47.2 Å². The van der Waals surface area contributed by atoms with Crippen LogP contribution in [0.5, 0.6) is 11.5 Å². The third-order valence-electron chi connectivity index (χ3n) is 6.53. The topological polar surface area (TPSA) is 94.4 Å². The summed E-state index contributed by atoms with van der Waals surface area (Å²) in [6, 6.07) is 9.68. The summed E-state index contributed by atoms with van der Waals surface area (Å²) in [5.41, 5.74) is 2.69. The molecule has 2 aliphatic rings. The summed E-state index contributed by atoms with van der Waals surface area (Å²) in [5, 5.41) is 16.7. The number of nitrogens with zero attached hydrogens (tertiary/aromatic N) is 5. The Morgan fingerprint density at radius 1 is 1.09 bits per heavy atom. The Balaban J connectivity index is 1.55. The van der Waals surface area contributed by atoms with E-state index in [-0.39, 0.29) is 11.8 Å². The first-order valence-corrected chi connectivity index (χ1v) is 11.9. The van der Waals surface area contributed by atoms with Crippen molar-refractivity contribution in [3.63, 3.8) is 0 Å². The number of amides is 1. The highest BCUT2D eigenvalue weighted by Gasteiger charge is 2.35. The quantitative estimate of drug-likeness (QED) is 0.595. The van der Waals surface area contributed by atoms with E-state index in [1.165, 1.54) is 19.3 Å². The summed E-state index contributed by atoms with van der Waals surface area (Å²) in [7, 11) is 1.62. The Morgan fingerprint density at radius 3 is 2.56 bits per heavy atom. The number of carbonyl (C=O) groups excluding carboxylic acids is 1. The summed E-state index contributed by atoms with van der Waals surface area (Å²) >= 11 is 0. The molecule has 0 bridgehead atoms. The Hall–Kier alpha value is -3.62. The maximum absolute atomic E-state index is 12.8. The molecule has 5 rings (SSSR count). The van der Waals surface area contributed by atoms with Gasteiger partial charge in [0.15, 0.2) is 23.1 Å². The minimum absolute atomic E-state index is 0.0817. The SMILES string of the molecule is CCOc1c(OC)cccc1[C@H]1CC(=O)Nc2c1c(C)nn2-c1ccc(N2CCCCC2)nn1. The highest BCUT2D eigenvalue weighted by molar-refractivity contribution is 5.95. The lowest BCUT2D eigenvalue weighted by atomic mass is 9.85. The number of methoxy groups -OCH3 is 1. The molecule has 178 valence electrons. The van der Waals surface area contributed by atoms with Gasteiger partial charge < -0.3 is 19.7 Å². The molecule has 2 aliphatic heterocycles. The second-order valence-electron chi connectivity index (χ2n) is 8.67. The van der Waals surface area contributed by atoms with Crippen molar-refractivity contribution in [1.82, 2.24) is 20.0 Å². The van der Waals surface area contributed by atoms with E-state index in [1.54, 1.807) is 11.8 Å². The Kier molecular flexibility index (Phi) is 6.08. The molecular weight excluding hydrogens is 432 g/mol. The molecule has 1 fully saturated rings. The molecule has 0 saturated carbocycles. The van der Waals surface area contributed by atoms with Crippen molar-refractivity contribution >= 4 is 17.5 Å². The number of hydrogen-bond donors (Lipinski definition) is 1. The normalized spacial score (nSPS) is 17.8. The fourth-order valence-corrected chi connectivity index (χ4v) is 4.97. The fraction of sp³-hybridized carbons (Fsp3) is 0.440. The molecule has 34 heavy (non-hydrogen) atoms. The molecule has 9 nitrogen and oxygen atoms in total. The van der Waals surface area contributed by atoms with Gasteiger partial charge in [-0.2, -0.15) is 9.78 Å². The summed E-state index contributed by atoms with van der Waals surface area (Å²) in [4.78, 5) is 15.1. The van der Waals surface area contributed by atoms with E-state index in [0.717, 1.165) is 35.7 Å². The summed E-state index contributed by atoms with van der Waals surface area (Å²) in [6.45, 7) is 6.40. The van der Waals surface area contributed by atoms with E-state index < -0.39 is 0 Å². The van der Waals surface area contributed by atoms with E-state index in [9.17, 15) is 4.79 Å². The van der Waals surface area contributed by atoms with Gasteiger partial charge in [-0.05, 0) is 51.3 Å². The number of para-hydroxylation sites is 1. The van der Waals surface area contributed by atoms with Crippen LogP contribution in [0.2, 0.25) is 0 Å². The molecule has 1 atom stereocenters. The van der Waals surface area contributed by atoms with E-state index >= 15 is 0 Å². The van der Waals surface area contributed by atoms with Gasteiger partial charge >= 0.3 is 0 Å². The van der Waals surface area contributed by atoms with Gasteiger partial charge in [-0.25, -0.2) is 0 Å². The molecule has 9 heteroatoms. The monoisotopic (exact) mass is 462 g/mol. The number of carbonyl (C=O) groups is 1. The zero-order valence-electron chi connectivity index (χ0n) is 19.9. The molecule has 1 N–H and O–H groups in total. The smallest absolute Gasteiger partial charge is 0.226 e. The standard InChI is InChI=1S/C25H30N6O3/c1-4-34-24-17(9-8-10-19(24)33-3)18-15-22(32)26-25-23(18)16(2)29-31(25)21-12-11-20(27-28-21)30-13-6-5-7-14-30/h8-12,18H,4-7,13-15H2,1-3H3,(H,26,32)/t18-/m1/s1. The molecular formula is C25H30N6O3. The molecule has 4 heterocycles. The number of hydrogen-bond acceptors (Lipinski definition) is 7. The number of aryl methyl sites for hydroxylation is 1. The predicted octanol–water partition coefficient (Wildman–Crippen LogP) is 3.84. The van der Waals surface area contributed by atoms with Crippen LogP contribution in [0.1, 0.15) is 55.3 Å². The molecule has 0 spiro atoms. The Labute approximate surface area is 199 Å². The van der Waals surface area contributed by atoms with E-state index in [0.29, 0.717) is 36.2 Å². The number of aromatic nitrogens is 4. The lowest BCUT2D eigenvalue weighted by molar-refractivity contribution is -0.116. The number of piperidine rings is 1. The molecule has 2 aromatic heterocycles. The highest BCUT2D eigenvalue weighted by Crippen LogP contribution is 2.45. The maximum Gasteiger partial charge on any atom is 0.226 e. The average molecular weight is 463 g/mol.